The summed E-state index contributed by atoms with van der Waals surface area (Å²) in [4.78, 5) is 24.7. The Morgan fingerprint density at radius 1 is 1.60 bits per heavy atom. The number of aromatic amines is 2. The van der Waals surface area contributed by atoms with Crippen molar-refractivity contribution in [2.75, 3.05) is 0 Å². The number of nitrogens with zero attached hydrogens (tertiary/aromatic N) is 1. The Morgan fingerprint density at radius 2 is 2.47 bits per heavy atom. The predicted molar refractivity (Wildman–Crippen MR) is 54.7 cm³/mol. The summed E-state index contributed by atoms with van der Waals surface area (Å²) in [5, 5.41) is 10.5. The minimum atomic E-state index is -0.226. The summed E-state index contributed by atoms with van der Waals surface area (Å²) in [6, 6.07) is 0. The maximum atomic E-state index is 11.4. The molecular weight excluding hydrogens is 216 g/mol. The van der Waals surface area contributed by atoms with Gasteiger partial charge >= 0.3 is 4.87 Å². The third-order valence-electron chi connectivity index (χ3n) is 1.77. The van der Waals surface area contributed by atoms with E-state index in [-0.39, 0.29) is 10.8 Å². The summed E-state index contributed by atoms with van der Waals surface area (Å²) in [6.07, 6.45) is 2.94. The molecule has 0 saturated heterocycles. The van der Waals surface area contributed by atoms with E-state index in [1.54, 1.807) is 5.38 Å². The van der Waals surface area contributed by atoms with Crippen LogP contribution in [-0.2, 0) is 6.54 Å². The Labute approximate surface area is 88.3 Å². The van der Waals surface area contributed by atoms with Gasteiger partial charge in [-0.05, 0) is 0 Å². The number of nitrogens with one attached hydrogen (secondary N) is 3. The average Bonchev–Trinajstić information content (AvgIpc) is 2.84. The van der Waals surface area contributed by atoms with Gasteiger partial charge in [0.2, 0.25) is 0 Å². The van der Waals surface area contributed by atoms with E-state index in [0.29, 0.717) is 17.8 Å². The Kier molecular flexibility index (Phi) is 2.64. The van der Waals surface area contributed by atoms with Crippen molar-refractivity contribution < 1.29 is 4.79 Å². The van der Waals surface area contributed by atoms with Crippen LogP contribution in [0.25, 0.3) is 0 Å². The van der Waals surface area contributed by atoms with E-state index in [1.807, 2.05) is 0 Å². The van der Waals surface area contributed by atoms with Gasteiger partial charge in [-0.25, -0.2) is 0 Å². The van der Waals surface area contributed by atoms with Gasteiger partial charge in [-0.2, -0.15) is 5.10 Å². The average molecular weight is 224 g/mol. The lowest BCUT2D eigenvalue weighted by molar-refractivity contribution is 0.0950. The van der Waals surface area contributed by atoms with Gasteiger partial charge in [0.1, 0.15) is 0 Å². The lowest BCUT2D eigenvalue weighted by Crippen LogP contribution is -2.22. The highest BCUT2D eigenvalue weighted by atomic mass is 32.1. The van der Waals surface area contributed by atoms with Gasteiger partial charge in [-0.15, -0.1) is 0 Å². The topological polar surface area (TPSA) is 90.6 Å². The number of thiazole rings is 1. The van der Waals surface area contributed by atoms with Crippen molar-refractivity contribution in [3.8, 4) is 0 Å². The molecule has 15 heavy (non-hydrogen) atoms. The van der Waals surface area contributed by atoms with Crippen LogP contribution < -0.4 is 10.2 Å². The fourth-order valence-electron chi connectivity index (χ4n) is 1.05. The molecule has 0 fully saturated rings. The highest BCUT2D eigenvalue weighted by Crippen LogP contribution is 1.97. The molecule has 0 saturated carbocycles. The molecule has 0 aromatic carbocycles. The standard InChI is InChI=1S/C8H8N4O2S/c13-7(5-1-10-11-2-5)9-3-6-4-15-8(14)12-6/h1-2,4H,3H2,(H,9,13)(H,10,11)(H,12,14). The van der Waals surface area contributed by atoms with Gasteiger partial charge in [-0.3, -0.25) is 14.7 Å². The van der Waals surface area contributed by atoms with Crippen LogP contribution in [0.1, 0.15) is 16.1 Å². The number of carbonyl (C=O) groups excluding carboxylic acids is 1. The summed E-state index contributed by atoms with van der Waals surface area (Å²) < 4.78 is 0. The van der Waals surface area contributed by atoms with E-state index in [0.717, 1.165) is 11.3 Å². The fraction of sp³-hybridized carbons (Fsp3) is 0.125. The lowest BCUT2D eigenvalue weighted by Gasteiger charge is -1.99. The van der Waals surface area contributed by atoms with Crippen LogP contribution in [0.2, 0.25) is 0 Å². The highest BCUT2D eigenvalue weighted by Gasteiger charge is 2.06. The first-order valence-electron chi connectivity index (χ1n) is 4.19. The third-order valence-corrected chi connectivity index (χ3v) is 2.49. The second-order valence-corrected chi connectivity index (χ2v) is 3.69. The van der Waals surface area contributed by atoms with Crippen molar-refractivity contribution >= 4 is 17.2 Å². The Morgan fingerprint density at radius 3 is 3.07 bits per heavy atom. The number of aromatic nitrogens is 3. The molecule has 7 heteroatoms. The Hall–Kier alpha value is -1.89. The van der Waals surface area contributed by atoms with E-state index in [4.69, 9.17) is 0 Å². The van der Waals surface area contributed by atoms with Gasteiger partial charge in [0, 0.05) is 17.3 Å². The van der Waals surface area contributed by atoms with E-state index >= 15 is 0 Å². The van der Waals surface area contributed by atoms with Gasteiger partial charge in [0.25, 0.3) is 5.91 Å². The number of carbonyl (C=O) groups is 1. The molecule has 2 aromatic rings. The molecule has 6 nitrogen and oxygen atoms in total. The fourth-order valence-corrected chi connectivity index (χ4v) is 1.63. The number of hydrogen-bond acceptors (Lipinski definition) is 4. The van der Waals surface area contributed by atoms with Gasteiger partial charge in [0.05, 0.1) is 18.3 Å². The number of amides is 1. The van der Waals surface area contributed by atoms with Crippen molar-refractivity contribution in [2.24, 2.45) is 0 Å². The van der Waals surface area contributed by atoms with Crippen LogP contribution in [0, 0.1) is 0 Å². The minimum absolute atomic E-state index is 0.123. The zero-order valence-corrected chi connectivity index (χ0v) is 8.43. The zero-order valence-electron chi connectivity index (χ0n) is 7.61. The minimum Gasteiger partial charge on any atom is -0.346 e. The smallest absolute Gasteiger partial charge is 0.304 e. The second kappa shape index (κ2) is 4.09. The Balaban J connectivity index is 1.94. The van der Waals surface area contributed by atoms with Crippen molar-refractivity contribution in [3.05, 3.63) is 38.7 Å². The van der Waals surface area contributed by atoms with Crippen molar-refractivity contribution in [1.82, 2.24) is 20.5 Å². The van der Waals surface area contributed by atoms with Crippen LogP contribution in [0.3, 0.4) is 0 Å². The molecule has 0 aliphatic rings. The van der Waals surface area contributed by atoms with Crippen LogP contribution in [-0.4, -0.2) is 21.1 Å². The summed E-state index contributed by atoms with van der Waals surface area (Å²) >= 11 is 1.07. The van der Waals surface area contributed by atoms with Crippen molar-refractivity contribution in [3.63, 3.8) is 0 Å². The van der Waals surface area contributed by atoms with Gasteiger partial charge in [0.15, 0.2) is 0 Å². The highest BCUT2D eigenvalue weighted by molar-refractivity contribution is 7.07. The number of rotatable bonds is 3. The van der Waals surface area contributed by atoms with Crippen molar-refractivity contribution in [1.29, 1.82) is 0 Å². The largest absolute Gasteiger partial charge is 0.346 e. The van der Waals surface area contributed by atoms with Crippen LogP contribution in [0.4, 0.5) is 0 Å². The molecule has 3 N–H and O–H groups in total. The molecule has 0 aliphatic heterocycles. The maximum absolute atomic E-state index is 11.4. The maximum Gasteiger partial charge on any atom is 0.304 e. The van der Waals surface area contributed by atoms with Crippen LogP contribution in [0.5, 0.6) is 0 Å². The third kappa shape index (κ3) is 2.32. The SMILES string of the molecule is O=C(NCc1csc(=O)[nH]1)c1cn[nH]c1. The zero-order chi connectivity index (χ0) is 10.7. The number of hydrogen-bond donors (Lipinski definition) is 3. The molecule has 1 amide bonds. The summed E-state index contributed by atoms with van der Waals surface area (Å²) in [5.74, 6) is -0.226. The monoisotopic (exact) mass is 224 g/mol. The molecular formula is C8H8N4O2S. The normalized spacial score (nSPS) is 10.1. The number of H-pyrrole nitrogens is 2. The second-order valence-electron chi connectivity index (χ2n) is 2.84. The van der Waals surface area contributed by atoms with E-state index in [2.05, 4.69) is 20.5 Å². The lowest BCUT2D eigenvalue weighted by atomic mass is 10.3. The summed E-state index contributed by atoms with van der Waals surface area (Å²) in [5.41, 5.74) is 1.16. The molecule has 0 radical (unpaired) electrons. The first kappa shape index (κ1) is 9.66. The first-order chi connectivity index (χ1) is 7.25. The van der Waals surface area contributed by atoms with Crippen LogP contribution >= 0.6 is 11.3 Å². The first-order valence-corrected chi connectivity index (χ1v) is 5.07. The van der Waals surface area contributed by atoms with Gasteiger partial charge < -0.3 is 10.3 Å². The molecule has 2 rings (SSSR count). The quantitative estimate of drug-likeness (QED) is 0.690. The molecule has 0 aliphatic carbocycles. The molecule has 0 bridgehead atoms. The molecule has 0 unspecified atom stereocenters. The Bertz CT molecular complexity index is 499. The van der Waals surface area contributed by atoms with E-state index < -0.39 is 0 Å². The molecule has 78 valence electrons. The molecule has 2 aromatic heterocycles. The summed E-state index contributed by atoms with van der Waals surface area (Å²) in [7, 11) is 0. The molecule has 0 spiro atoms. The molecule has 0 atom stereocenters. The van der Waals surface area contributed by atoms with Gasteiger partial charge in [-0.1, -0.05) is 11.3 Å². The molecule has 2 heterocycles. The van der Waals surface area contributed by atoms with Crippen molar-refractivity contribution in [2.45, 2.75) is 6.54 Å². The predicted octanol–water partition coefficient (Wildman–Crippen LogP) is 0.0895. The summed E-state index contributed by atoms with van der Waals surface area (Å²) in [6.45, 7) is 0.308. The van der Waals surface area contributed by atoms with Crippen LogP contribution in [0.15, 0.2) is 22.6 Å². The van der Waals surface area contributed by atoms with E-state index in [9.17, 15) is 9.59 Å². The van der Waals surface area contributed by atoms with E-state index in [1.165, 1.54) is 12.4 Å².